The van der Waals surface area contributed by atoms with Crippen molar-refractivity contribution in [2.24, 2.45) is 0 Å². The zero-order chi connectivity index (χ0) is 15.9. The van der Waals surface area contributed by atoms with E-state index in [2.05, 4.69) is 5.32 Å². The van der Waals surface area contributed by atoms with Crippen LogP contribution in [0, 0.1) is 0 Å². The number of carbonyl (C=O) groups excluding carboxylic acids is 1. The molecule has 0 aliphatic rings. The molecular formula is C17H19NO4. The van der Waals surface area contributed by atoms with E-state index in [9.17, 15) is 4.79 Å². The van der Waals surface area contributed by atoms with Crippen molar-refractivity contribution in [1.82, 2.24) is 0 Å². The van der Waals surface area contributed by atoms with Crippen LogP contribution in [0.5, 0.6) is 11.5 Å². The second-order valence-electron chi connectivity index (χ2n) is 4.69. The van der Waals surface area contributed by atoms with Crippen molar-refractivity contribution in [2.75, 3.05) is 26.6 Å². The Kier molecular flexibility index (Phi) is 5.38. The van der Waals surface area contributed by atoms with Crippen molar-refractivity contribution in [3.8, 4) is 11.5 Å². The predicted molar refractivity (Wildman–Crippen MR) is 84.7 cm³/mol. The van der Waals surface area contributed by atoms with Crippen LogP contribution in [0.2, 0.25) is 0 Å². The van der Waals surface area contributed by atoms with Crippen LogP contribution in [0.15, 0.2) is 42.5 Å². The zero-order valence-electron chi connectivity index (χ0n) is 12.9. The highest BCUT2D eigenvalue weighted by Gasteiger charge is 2.08. The van der Waals surface area contributed by atoms with Gasteiger partial charge >= 0.3 is 0 Å². The fourth-order valence-corrected chi connectivity index (χ4v) is 2.00. The van der Waals surface area contributed by atoms with Gasteiger partial charge in [0.1, 0.15) is 11.5 Å². The lowest BCUT2D eigenvalue weighted by atomic mass is 10.1. The van der Waals surface area contributed by atoms with Gasteiger partial charge in [0.25, 0.3) is 5.91 Å². The molecule has 0 heterocycles. The third-order valence-electron chi connectivity index (χ3n) is 3.14. The Morgan fingerprint density at radius 3 is 2.05 bits per heavy atom. The largest absolute Gasteiger partial charge is 0.497 e. The normalized spacial score (nSPS) is 10.1. The molecule has 1 amide bonds. The summed E-state index contributed by atoms with van der Waals surface area (Å²) in [4.78, 5) is 12.3. The minimum absolute atomic E-state index is 0.195. The molecule has 0 aromatic heterocycles. The lowest BCUT2D eigenvalue weighted by Crippen LogP contribution is -2.12. The number of nitrogens with one attached hydrogen (secondary N) is 1. The van der Waals surface area contributed by atoms with E-state index in [4.69, 9.17) is 14.2 Å². The number of benzene rings is 2. The van der Waals surface area contributed by atoms with Gasteiger partial charge in [0.15, 0.2) is 0 Å². The van der Waals surface area contributed by atoms with Gasteiger partial charge < -0.3 is 19.5 Å². The van der Waals surface area contributed by atoms with Gasteiger partial charge in [0.05, 0.1) is 20.8 Å². The van der Waals surface area contributed by atoms with Gasteiger partial charge in [-0.2, -0.15) is 0 Å². The summed E-state index contributed by atoms with van der Waals surface area (Å²) in [6.07, 6.45) is 0. The van der Waals surface area contributed by atoms with E-state index in [1.54, 1.807) is 51.7 Å². The molecule has 0 aliphatic carbocycles. The third-order valence-corrected chi connectivity index (χ3v) is 3.14. The summed E-state index contributed by atoms with van der Waals surface area (Å²) in [5, 5.41) is 2.83. The number of amides is 1. The number of anilines is 1. The minimum atomic E-state index is -0.195. The molecule has 2 rings (SSSR count). The number of carbonyl (C=O) groups is 1. The van der Waals surface area contributed by atoms with E-state index in [1.807, 2.05) is 12.1 Å². The van der Waals surface area contributed by atoms with Crippen molar-refractivity contribution >= 4 is 11.6 Å². The standard InChI is InChI=1S/C17H19NO4/c1-20-11-12-4-6-13(7-5-12)17(19)18-14-8-15(21-2)10-16(9-14)22-3/h4-10H,11H2,1-3H3,(H,18,19). The highest BCUT2D eigenvalue weighted by molar-refractivity contribution is 6.04. The molecule has 2 aromatic rings. The van der Waals surface area contributed by atoms with Crippen LogP contribution in [0.3, 0.4) is 0 Å². The topological polar surface area (TPSA) is 56.8 Å². The predicted octanol–water partition coefficient (Wildman–Crippen LogP) is 3.10. The molecule has 0 radical (unpaired) electrons. The van der Waals surface area contributed by atoms with Crippen LogP contribution in [0.1, 0.15) is 15.9 Å². The molecule has 2 aromatic carbocycles. The Bertz CT molecular complexity index is 615. The molecule has 0 spiro atoms. The van der Waals surface area contributed by atoms with Crippen LogP contribution < -0.4 is 14.8 Å². The number of methoxy groups -OCH3 is 3. The van der Waals surface area contributed by atoms with Crippen LogP contribution in [0.25, 0.3) is 0 Å². The SMILES string of the molecule is COCc1ccc(C(=O)Nc2cc(OC)cc(OC)c2)cc1. The smallest absolute Gasteiger partial charge is 0.255 e. The van der Waals surface area contributed by atoms with Crippen molar-refractivity contribution < 1.29 is 19.0 Å². The maximum atomic E-state index is 12.3. The highest BCUT2D eigenvalue weighted by atomic mass is 16.5. The number of rotatable bonds is 6. The fraction of sp³-hybridized carbons (Fsp3) is 0.235. The molecule has 116 valence electrons. The van der Waals surface area contributed by atoms with Crippen LogP contribution in [0.4, 0.5) is 5.69 Å². The molecule has 0 aliphatic heterocycles. The second-order valence-corrected chi connectivity index (χ2v) is 4.69. The minimum Gasteiger partial charge on any atom is -0.497 e. The average Bonchev–Trinajstić information content (AvgIpc) is 2.55. The summed E-state index contributed by atoms with van der Waals surface area (Å²) in [7, 11) is 4.76. The molecule has 0 fully saturated rings. The van der Waals surface area contributed by atoms with Gasteiger partial charge in [-0.15, -0.1) is 0 Å². The van der Waals surface area contributed by atoms with Gasteiger partial charge in [0, 0.05) is 36.6 Å². The fourth-order valence-electron chi connectivity index (χ4n) is 2.00. The van der Waals surface area contributed by atoms with Crippen LogP contribution in [-0.4, -0.2) is 27.2 Å². The Hall–Kier alpha value is -2.53. The van der Waals surface area contributed by atoms with Gasteiger partial charge in [-0.1, -0.05) is 12.1 Å². The average molecular weight is 301 g/mol. The molecule has 1 N–H and O–H groups in total. The third kappa shape index (κ3) is 3.99. The lowest BCUT2D eigenvalue weighted by Gasteiger charge is -2.10. The van der Waals surface area contributed by atoms with E-state index in [0.29, 0.717) is 29.4 Å². The van der Waals surface area contributed by atoms with Crippen LogP contribution in [-0.2, 0) is 11.3 Å². The lowest BCUT2D eigenvalue weighted by molar-refractivity contribution is 0.102. The van der Waals surface area contributed by atoms with E-state index >= 15 is 0 Å². The summed E-state index contributed by atoms with van der Waals surface area (Å²) in [6.45, 7) is 0.523. The molecular weight excluding hydrogens is 282 g/mol. The first-order chi connectivity index (χ1) is 10.7. The first-order valence-electron chi connectivity index (χ1n) is 6.78. The van der Waals surface area contributed by atoms with Crippen molar-refractivity contribution in [3.63, 3.8) is 0 Å². The molecule has 0 saturated heterocycles. The van der Waals surface area contributed by atoms with E-state index < -0.39 is 0 Å². The molecule has 0 atom stereocenters. The van der Waals surface area contributed by atoms with Gasteiger partial charge in [-0.25, -0.2) is 0 Å². The van der Waals surface area contributed by atoms with Crippen LogP contribution >= 0.6 is 0 Å². The monoisotopic (exact) mass is 301 g/mol. The summed E-state index contributed by atoms with van der Waals surface area (Å²) in [5.41, 5.74) is 2.20. The zero-order valence-corrected chi connectivity index (χ0v) is 12.9. The summed E-state index contributed by atoms with van der Waals surface area (Å²) >= 11 is 0. The van der Waals surface area contributed by atoms with E-state index in [0.717, 1.165) is 5.56 Å². The van der Waals surface area contributed by atoms with Gasteiger partial charge in [0.2, 0.25) is 0 Å². The van der Waals surface area contributed by atoms with Crippen molar-refractivity contribution in [1.29, 1.82) is 0 Å². The Morgan fingerprint density at radius 2 is 1.55 bits per heavy atom. The van der Waals surface area contributed by atoms with E-state index in [1.165, 1.54) is 0 Å². The highest BCUT2D eigenvalue weighted by Crippen LogP contribution is 2.26. The molecule has 5 heteroatoms. The molecule has 0 bridgehead atoms. The summed E-state index contributed by atoms with van der Waals surface area (Å²) in [6, 6.07) is 12.5. The molecule has 5 nitrogen and oxygen atoms in total. The number of hydrogen-bond donors (Lipinski definition) is 1. The first kappa shape index (κ1) is 15.9. The molecule has 22 heavy (non-hydrogen) atoms. The van der Waals surface area contributed by atoms with Gasteiger partial charge in [-0.05, 0) is 17.7 Å². The quantitative estimate of drug-likeness (QED) is 0.890. The van der Waals surface area contributed by atoms with Crippen molar-refractivity contribution in [2.45, 2.75) is 6.61 Å². The van der Waals surface area contributed by atoms with Crippen molar-refractivity contribution in [3.05, 3.63) is 53.6 Å². The second kappa shape index (κ2) is 7.47. The van der Waals surface area contributed by atoms with E-state index in [-0.39, 0.29) is 5.91 Å². The summed E-state index contributed by atoms with van der Waals surface area (Å²) < 4.78 is 15.4. The number of hydrogen-bond acceptors (Lipinski definition) is 4. The summed E-state index contributed by atoms with van der Waals surface area (Å²) in [5.74, 6) is 1.04. The Labute approximate surface area is 129 Å². The molecule has 0 unspecified atom stereocenters. The van der Waals surface area contributed by atoms with Gasteiger partial charge in [-0.3, -0.25) is 4.79 Å². The molecule has 0 saturated carbocycles. The maximum Gasteiger partial charge on any atom is 0.255 e. The first-order valence-corrected chi connectivity index (χ1v) is 6.78. The Morgan fingerprint density at radius 1 is 0.955 bits per heavy atom. The maximum absolute atomic E-state index is 12.3. The Balaban J connectivity index is 2.14. The number of ether oxygens (including phenoxy) is 3.